The Kier molecular flexibility index (Phi) is 3.70. The zero-order chi connectivity index (χ0) is 14.2. The Balaban J connectivity index is 1.79. The van der Waals surface area contributed by atoms with E-state index in [1.807, 2.05) is 0 Å². The van der Waals surface area contributed by atoms with Gasteiger partial charge in [0.2, 0.25) is 10.0 Å². The topological polar surface area (TPSA) is 58.6 Å². The first-order chi connectivity index (χ1) is 9.57. The maximum absolute atomic E-state index is 12.6. The van der Waals surface area contributed by atoms with E-state index in [0.29, 0.717) is 18.0 Å². The van der Waals surface area contributed by atoms with E-state index in [0.717, 1.165) is 37.1 Å². The zero-order valence-corrected chi connectivity index (χ0v) is 12.4. The number of hydrogen-bond acceptors (Lipinski definition) is 4. The van der Waals surface area contributed by atoms with E-state index < -0.39 is 10.0 Å². The second kappa shape index (κ2) is 5.35. The molecular weight excluding hydrogens is 276 g/mol. The molecule has 0 spiro atoms. The third-order valence-corrected chi connectivity index (χ3v) is 5.83. The Hall–Kier alpha value is -1.11. The Labute approximate surface area is 120 Å². The van der Waals surface area contributed by atoms with Gasteiger partial charge in [-0.25, -0.2) is 8.42 Å². The molecule has 110 valence electrons. The number of likely N-dealkylation sites (N-methyl/N-ethyl adjacent to an activating group) is 1. The summed E-state index contributed by atoms with van der Waals surface area (Å²) in [6.07, 6.45) is 2.94. The number of rotatable bonds is 4. The van der Waals surface area contributed by atoms with Crippen molar-refractivity contribution in [1.29, 1.82) is 0 Å². The number of sulfonamides is 1. The molecule has 5 nitrogen and oxygen atoms in total. The minimum atomic E-state index is -3.41. The van der Waals surface area contributed by atoms with Crippen LogP contribution in [0.25, 0.3) is 0 Å². The van der Waals surface area contributed by atoms with Gasteiger partial charge in [0.15, 0.2) is 0 Å². The monoisotopic (exact) mass is 296 g/mol. The number of nitrogens with zero attached hydrogens (tertiary/aromatic N) is 1. The first-order valence-electron chi connectivity index (χ1n) is 7.03. The van der Waals surface area contributed by atoms with Crippen molar-refractivity contribution in [3.05, 3.63) is 23.8 Å². The standard InChI is InChI=1S/C14H20N2O3S/c1-16(10-12-3-2-7-15-12)20(17,18)13-4-5-14-11(9-13)6-8-19-14/h4-5,9,12,15H,2-3,6-8,10H2,1H3. The van der Waals surface area contributed by atoms with Crippen LogP contribution in [-0.4, -0.2) is 45.5 Å². The van der Waals surface area contributed by atoms with E-state index in [1.54, 1.807) is 25.2 Å². The molecule has 0 bridgehead atoms. The highest BCUT2D eigenvalue weighted by atomic mass is 32.2. The van der Waals surface area contributed by atoms with E-state index in [1.165, 1.54) is 4.31 Å². The van der Waals surface area contributed by atoms with Gasteiger partial charge in [-0.1, -0.05) is 0 Å². The number of ether oxygens (including phenoxy) is 1. The third-order valence-electron chi connectivity index (χ3n) is 4.01. The molecule has 0 radical (unpaired) electrons. The highest BCUT2D eigenvalue weighted by Crippen LogP contribution is 2.28. The maximum atomic E-state index is 12.6. The summed E-state index contributed by atoms with van der Waals surface area (Å²) < 4.78 is 32.0. The lowest BCUT2D eigenvalue weighted by molar-refractivity contribution is 0.356. The fourth-order valence-corrected chi connectivity index (χ4v) is 4.09. The summed E-state index contributed by atoms with van der Waals surface area (Å²) in [6.45, 7) is 2.14. The van der Waals surface area contributed by atoms with Gasteiger partial charge < -0.3 is 10.1 Å². The van der Waals surface area contributed by atoms with Crippen molar-refractivity contribution in [3.63, 3.8) is 0 Å². The fourth-order valence-electron chi connectivity index (χ4n) is 2.82. The molecule has 0 aromatic heterocycles. The molecule has 1 aromatic carbocycles. The van der Waals surface area contributed by atoms with Crippen molar-refractivity contribution < 1.29 is 13.2 Å². The lowest BCUT2D eigenvalue weighted by Crippen LogP contribution is -2.38. The van der Waals surface area contributed by atoms with Crippen LogP contribution in [0.1, 0.15) is 18.4 Å². The molecular formula is C14H20N2O3S. The predicted octanol–water partition coefficient (Wildman–Crippen LogP) is 0.994. The highest BCUT2D eigenvalue weighted by Gasteiger charge is 2.26. The minimum absolute atomic E-state index is 0.271. The SMILES string of the molecule is CN(CC1CCCN1)S(=O)(=O)c1ccc2c(c1)CCO2. The molecule has 1 N–H and O–H groups in total. The van der Waals surface area contributed by atoms with Crippen molar-refractivity contribution >= 4 is 10.0 Å². The van der Waals surface area contributed by atoms with Gasteiger partial charge >= 0.3 is 0 Å². The molecule has 0 saturated carbocycles. The van der Waals surface area contributed by atoms with Crippen LogP contribution in [0.4, 0.5) is 0 Å². The summed E-state index contributed by atoms with van der Waals surface area (Å²) >= 11 is 0. The first-order valence-corrected chi connectivity index (χ1v) is 8.47. The van der Waals surface area contributed by atoms with E-state index in [-0.39, 0.29) is 6.04 Å². The smallest absolute Gasteiger partial charge is 0.242 e. The molecule has 20 heavy (non-hydrogen) atoms. The zero-order valence-electron chi connectivity index (χ0n) is 11.6. The molecule has 1 fully saturated rings. The van der Waals surface area contributed by atoms with Crippen molar-refractivity contribution in [2.24, 2.45) is 0 Å². The van der Waals surface area contributed by atoms with Crippen molar-refractivity contribution in [1.82, 2.24) is 9.62 Å². The lowest BCUT2D eigenvalue weighted by atomic mass is 10.2. The van der Waals surface area contributed by atoms with Crippen molar-refractivity contribution in [3.8, 4) is 5.75 Å². The van der Waals surface area contributed by atoms with E-state index in [9.17, 15) is 8.42 Å². The van der Waals surface area contributed by atoms with Crippen LogP contribution in [0.3, 0.4) is 0 Å². The summed E-state index contributed by atoms with van der Waals surface area (Å²) in [4.78, 5) is 0.363. The summed E-state index contributed by atoms with van der Waals surface area (Å²) in [6, 6.07) is 5.41. The van der Waals surface area contributed by atoms with Gasteiger partial charge in [-0.2, -0.15) is 4.31 Å². The average Bonchev–Trinajstić information content (AvgIpc) is 3.07. The van der Waals surface area contributed by atoms with E-state index in [2.05, 4.69) is 5.32 Å². The van der Waals surface area contributed by atoms with Gasteiger partial charge in [0, 0.05) is 26.1 Å². The molecule has 1 saturated heterocycles. The number of hydrogen-bond donors (Lipinski definition) is 1. The van der Waals surface area contributed by atoms with Crippen LogP contribution in [0, 0.1) is 0 Å². The highest BCUT2D eigenvalue weighted by molar-refractivity contribution is 7.89. The molecule has 1 atom stereocenters. The Morgan fingerprint density at radius 3 is 3.05 bits per heavy atom. The number of benzene rings is 1. The first kappa shape index (κ1) is 13.9. The van der Waals surface area contributed by atoms with Gasteiger partial charge in [-0.3, -0.25) is 0 Å². The second-order valence-corrected chi connectivity index (χ2v) is 7.49. The summed E-state index contributed by atoms with van der Waals surface area (Å²) in [5.74, 6) is 0.809. The molecule has 0 amide bonds. The maximum Gasteiger partial charge on any atom is 0.242 e. The molecule has 6 heteroatoms. The van der Waals surface area contributed by atoms with Crippen LogP contribution < -0.4 is 10.1 Å². The van der Waals surface area contributed by atoms with Gasteiger partial charge in [-0.15, -0.1) is 0 Å². The number of nitrogens with one attached hydrogen (secondary N) is 1. The average molecular weight is 296 g/mol. The fraction of sp³-hybridized carbons (Fsp3) is 0.571. The minimum Gasteiger partial charge on any atom is -0.493 e. The Morgan fingerprint density at radius 1 is 1.45 bits per heavy atom. The van der Waals surface area contributed by atoms with Crippen LogP contribution in [0.15, 0.2) is 23.1 Å². The van der Waals surface area contributed by atoms with Crippen LogP contribution >= 0.6 is 0 Å². The van der Waals surface area contributed by atoms with Gasteiger partial charge in [0.1, 0.15) is 5.75 Å². The van der Waals surface area contributed by atoms with Crippen LogP contribution in [0.5, 0.6) is 5.75 Å². The molecule has 2 aliphatic rings. The quantitative estimate of drug-likeness (QED) is 0.900. The van der Waals surface area contributed by atoms with Gasteiger partial charge in [0.25, 0.3) is 0 Å². The molecule has 1 unspecified atom stereocenters. The lowest BCUT2D eigenvalue weighted by Gasteiger charge is -2.21. The summed E-state index contributed by atoms with van der Waals surface area (Å²) in [5, 5.41) is 3.33. The molecule has 2 aliphatic heterocycles. The molecule has 0 aliphatic carbocycles. The largest absolute Gasteiger partial charge is 0.493 e. The van der Waals surface area contributed by atoms with Gasteiger partial charge in [-0.05, 0) is 43.1 Å². The predicted molar refractivity (Wildman–Crippen MR) is 76.5 cm³/mol. The normalized spacial score (nSPS) is 22.0. The Bertz CT molecular complexity index is 594. The molecule has 3 rings (SSSR count). The summed E-state index contributed by atoms with van der Waals surface area (Å²) in [5.41, 5.74) is 0.985. The van der Waals surface area contributed by atoms with Crippen LogP contribution in [-0.2, 0) is 16.4 Å². The van der Waals surface area contributed by atoms with E-state index in [4.69, 9.17) is 4.74 Å². The Morgan fingerprint density at radius 2 is 2.30 bits per heavy atom. The second-order valence-electron chi connectivity index (χ2n) is 5.45. The van der Waals surface area contributed by atoms with Crippen LogP contribution in [0.2, 0.25) is 0 Å². The van der Waals surface area contributed by atoms with Crippen molar-refractivity contribution in [2.45, 2.75) is 30.2 Å². The van der Waals surface area contributed by atoms with Gasteiger partial charge in [0.05, 0.1) is 11.5 Å². The third kappa shape index (κ3) is 2.55. The van der Waals surface area contributed by atoms with Crippen molar-refractivity contribution in [2.75, 3.05) is 26.7 Å². The number of fused-ring (bicyclic) bond motifs is 1. The molecule has 1 aromatic rings. The van der Waals surface area contributed by atoms with E-state index >= 15 is 0 Å². The molecule has 2 heterocycles. The summed E-state index contributed by atoms with van der Waals surface area (Å²) in [7, 11) is -1.76.